The highest BCUT2D eigenvalue weighted by Crippen LogP contribution is 2.40. The summed E-state index contributed by atoms with van der Waals surface area (Å²) in [6.45, 7) is 1.82. The van der Waals surface area contributed by atoms with Gasteiger partial charge in [-0.15, -0.1) is 0 Å². The fourth-order valence-corrected chi connectivity index (χ4v) is 6.78. The van der Waals surface area contributed by atoms with Gasteiger partial charge in [0, 0.05) is 41.5 Å². The number of ether oxygens (including phenoxy) is 2. The first kappa shape index (κ1) is 41.5. The Morgan fingerprint density at radius 2 is 1.23 bits per heavy atom. The number of anilines is 3. The number of phenols is 2. The molecular weight excluding hydrogens is 734 g/mol. The average Bonchev–Trinajstić information content (AvgIpc) is 3.20. The molecule has 57 heavy (non-hydrogen) atoms. The molecule has 1 unspecified atom stereocenters. The highest BCUT2D eigenvalue weighted by atomic mass is 16.5. The first-order valence-electron chi connectivity index (χ1n) is 18.6. The van der Waals surface area contributed by atoms with Crippen LogP contribution in [0.2, 0.25) is 0 Å². The van der Waals surface area contributed by atoms with E-state index in [-0.39, 0.29) is 63.8 Å². The van der Waals surface area contributed by atoms with E-state index in [9.17, 15) is 44.1 Å². The maximum absolute atomic E-state index is 13.2. The Labute approximate surface area is 329 Å². The van der Waals surface area contributed by atoms with Crippen molar-refractivity contribution < 1.29 is 53.6 Å². The number of benzene rings is 4. The molecule has 1 aliphatic rings. The lowest BCUT2D eigenvalue weighted by atomic mass is 9.84. The van der Waals surface area contributed by atoms with E-state index in [0.717, 1.165) is 37.3 Å². The normalized spacial score (nSPS) is 13.2. The van der Waals surface area contributed by atoms with Crippen LogP contribution < -0.4 is 25.4 Å². The van der Waals surface area contributed by atoms with Crippen LogP contribution in [0.15, 0.2) is 72.8 Å². The van der Waals surface area contributed by atoms with Gasteiger partial charge in [-0.2, -0.15) is 0 Å². The van der Waals surface area contributed by atoms with Crippen LogP contribution in [0.1, 0.15) is 98.9 Å². The Morgan fingerprint density at radius 3 is 1.79 bits per heavy atom. The molecular formula is C43H45N3O11. The molecule has 6 N–H and O–H groups in total. The van der Waals surface area contributed by atoms with E-state index in [4.69, 9.17) is 9.47 Å². The number of hydrogen-bond acceptors (Lipinski definition) is 10. The van der Waals surface area contributed by atoms with Gasteiger partial charge in [-0.3, -0.25) is 24.0 Å². The number of Topliss-reactive ketones (excluding diaryl/α,β-unsaturated/α-hetero) is 2. The van der Waals surface area contributed by atoms with Gasteiger partial charge in [0.2, 0.25) is 5.91 Å². The Balaban J connectivity index is 1.17. The number of phenolic OH excluding ortho intramolecular Hbond substituents is 1. The minimum Gasteiger partial charge on any atom is -0.504 e. The molecule has 0 saturated heterocycles. The van der Waals surface area contributed by atoms with Gasteiger partial charge in [-0.25, -0.2) is 4.79 Å². The zero-order chi connectivity index (χ0) is 41.2. The molecule has 1 saturated carbocycles. The molecule has 14 heteroatoms. The van der Waals surface area contributed by atoms with Gasteiger partial charge < -0.3 is 40.7 Å². The fraction of sp³-hybridized carbons (Fsp3) is 0.302. The number of rotatable bonds is 16. The zero-order valence-electron chi connectivity index (χ0n) is 31.8. The number of aromatic hydroxyl groups is 2. The molecule has 1 aliphatic carbocycles. The number of hydrogen-bond donors (Lipinski definition) is 6. The second-order valence-corrected chi connectivity index (χ2v) is 13.8. The molecule has 1 atom stereocenters. The summed E-state index contributed by atoms with van der Waals surface area (Å²) in [6, 6.07) is 17.9. The summed E-state index contributed by atoms with van der Waals surface area (Å²) in [5, 5.41) is 38.3. The molecule has 0 aromatic heterocycles. The van der Waals surface area contributed by atoms with E-state index >= 15 is 0 Å². The number of carboxylic acids is 1. The highest BCUT2D eigenvalue weighted by molar-refractivity contribution is 6.10. The van der Waals surface area contributed by atoms with Crippen LogP contribution in [0.4, 0.5) is 17.1 Å². The molecule has 4 aromatic carbocycles. The first-order valence-corrected chi connectivity index (χ1v) is 18.6. The van der Waals surface area contributed by atoms with Gasteiger partial charge >= 0.3 is 5.97 Å². The van der Waals surface area contributed by atoms with Crippen molar-refractivity contribution in [1.82, 2.24) is 0 Å². The van der Waals surface area contributed by atoms with Crippen molar-refractivity contribution in [3.63, 3.8) is 0 Å². The number of nitrogens with one attached hydrogen (secondary N) is 3. The minimum absolute atomic E-state index is 0.00399. The van der Waals surface area contributed by atoms with E-state index in [1.54, 1.807) is 24.3 Å². The molecule has 0 radical (unpaired) electrons. The molecule has 1 fully saturated rings. The summed E-state index contributed by atoms with van der Waals surface area (Å²) in [7, 11) is 2.40. The number of aromatic carboxylic acids is 1. The topological polar surface area (TPSA) is 218 Å². The van der Waals surface area contributed by atoms with Crippen molar-refractivity contribution in [2.24, 2.45) is 11.8 Å². The second kappa shape index (κ2) is 18.8. The van der Waals surface area contributed by atoms with Crippen LogP contribution in [-0.4, -0.2) is 64.8 Å². The summed E-state index contributed by atoms with van der Waals surface area (Å²) in [5.74, 6) is -5.47. The number of methoxy groups -OCH3 is 2. The molecule has 298 valence electrons. The first-order chi connectivity index (χ1) is 27.3. The van der Waals surface area contributed by atoms with Crippen LogP contribution in [-0.2, 0) is 16.0 Å². The van der Waals surface area contributed by atoms with E-state index < -0.39 is 40.8 Å². The van der Waals surface area contributed by atoms with Crippen molar-refractivity contribution in [3.05, 3.63) is 101 Å². The van der Waals surface area contributed by atoms with E-state index in [2.05, 4.69) is 16.0 Å². The van der Waals surface area contributed by atoms with Gasteiger partial charge in [-0.1, -0.05) is 50.5 Å². The largest absolute Gasteiger partial charge is 0.504 e. The molecule has 0 bridgehead atoms. The lowest BCUT2D eigenvalue weighted by molar-refractivity contribution is -0.123. The molecule has 0 heterocycles. The maximum atomic E-state index is 13.2. The maximum Gasteiger partial charge on any atom is 0.339 e. The fourth-order valence-electron chi connectivity index (χ4n) is 6.78. The Hall–Kier alpha value is -6.70. The third-order valence-corrected chi connectivity index (χ3v) is 10.1. The summed E-state index contributed by atoms with van der Waals surface area (Å²) in [4.78, 5) is 76.6. The standard InChI is InChI=1S/C43H45N3O11/c1-4-25(23-35(48)27-12-10-24(11-13-27)22-34(47)26-8-6-5-7-9-26)40(51)44-29-16-14-28(15-17-29)41(52)45-32-20-18-30(36(49)38(32)56-2)42(53)46-33-21-19-31(43(54)55)37(50)39(33)57-3/h10-21,25-26,49-50H,4-9,22-23H2,1-3H3,(H,44,51)(H,45,52)(H,46,53)(H,54,55). The van der Waals surface area contributed by atoms with E-state index in [0.29, 0.717) is 24.1 Å². The monoisotopic (exact) mass is 779 g/mol. The lowest BCUT2D eigenvalue weighted by Gasteiger charge is -2.20. The number of carbonyl (C=O) groups excluding carboxylic acids is 5. The Kier molecular flexibility index (Phi) is 13.6. The summed E-state index contributed by atoms with van der Waals surface area (Å²) < 4.78 is 10.4. The van der Waals surface area contributed by atoms with Gasteiger partial charge in [0.1, 0.15) is 11.3 Å². The second-order valence-electron chi connectivity index (χ2n) is 13.8. The van der Waals surface area contributed by atoms with Crippen LogP contribution >= 0.6 is 0 Å². The molecule has 5 rings (SSSR count). The Bertz CT molecular complexity index is 2160. The molecule has 14 nitrogen and oxygen atoms in total. The highest BCUT2D eigenvalue weighted by Gasteiger charge is 2.25. The number of carboxylic acid groups (broad SMARTS) is 1. The Morgan fingerprint density at radius 1 is 0.684 bits per heavy atom. The third kappa shape index (κ3) is 9.95. The lowest BCUT2D eigenvalue weighted by Crippen LogP contribution is -2.25. The smallest absolute Gasteiger partial charge is 0.339 e. The molecule has 4 aromatic rings. The average molecular weight is 780 g/mol. The van der Waals surface area contributed by atoms with Crippen molar-refractivity contribution in [2.45, 2.75) is 58.3 Å². The van der Waals surface area contributed by atoms with E-state index in [1.807, 2.05) is 6.92 Å². The molecule has 0 spiro atoms. The van der Waals surface area contributed by atoms with Crippen LogP contribution in [0, 0.1) is 11.8 Å². The van der Waals surface area contributed by atoms with Crippen molar-refractivity contribution in [2.75, 3.05) is 30.2 Å². The van der Waals surface area contributed by atoms with Crippen molar-refractivity contribution in [1.29, 1.82) is 0 Å². The molecule has 0 aliphatic heterocycles. The van der Waals surface area contributed by atoms with Gasteiger partial charge in [-0.05, 0) is 73.4 Å². The molecule has 3 amide bonds. The SMILES string of the molecule is CCC(CC(=O)c1ccc(CC(=O)C2CCCCC2)cc1)C(=O)Nc1ccc(C(=O)Nc2ccc(C(=O)Nc3ccc(C(=O)O)c(O)c3OC)c(O)c2OC)cc1. The summed E-state index contributed by atoms with van der Waals surface area (Å²) in [5.41, 5.74) is 1.20. The number of carbonyl (C=O) groups is 6. The number of ketones is 2. The zero-order valence-corrected chi connectivity index (χ0v) is 31.8. The number of amides is 3. The van der Waals surface area contributed by atoms with Gasteiger partial charge in [0.15, 0.2) is 28.8 Å². The van der Waals surface area contributed by atoms with Crippen molar-refractivity contribution in [3.8, 4) is 23.0 Å². The van der Waals surface area contributed by atoms with Crippen molar-refractivity contribution >= 4 is 52.3 Å². The predicted octanol–water partition coefficient (Wildman–Crippen LogP) is 7.25. The predicted molar refractivity (Wildman–Crippen MR) is 212 cm³/mol. The summed E-state index contributed by atoms with van der Waals surface area (Å²) in [6.07, 6.45) is 6.02. The van der Waals surface area contributed by atoms with Gasteiger partial charge in [0.05, 0.1) is 31.2 Å². The minimum atomic E-state index is -1.41. The summed E-state index contributed by atoms with van der Waals surface area (Å²) >= 11 is 0. The van der Waals surface area contributed by atoms with Crippen LogP contribution in [0.3, 0.4) is 0 Å². The van der Waals surface area contributed by atoms with Crippen LogP contribution in [0.5, 0.6) is 23.0 Å². The quantitative estimate of drug-likeness (QED) is 0.0623. The van der Waals surface area contributed by atoms with Crippen LogP contribution in [0.25, 0.3) is 0 Å². The third-order valence-electron chi connectivity index (χ3n) is 10.1. The van der Waals surface area contributed by atoms with E-state index in [1.165, 1.54) is 63.1 Å². The van der Waals surface area contributed by atoms with Gasteiger partial charge in [0.25, 0.3) is 11.8 Å².